The molecule has 24 heavy (non-hydrogen) atoms. The largest absolute Gasteiger partial charge is 0.463 e. The summed E-state index contributed by atoms with van der Waals surface area (Å²) in [6.07, 6.45) is 3.32. The molecule has 0 saturated heterocycles. The fraction of sp³-hybridized carbons (Fsp3) is 0.158. The average Bonchev–Trinajstić information content (AvgIpc) is 2.56. The minimum absolute atomic E-state index is 0.105. The topological polar surface area (TPSA) is 55.4 Å². The highest BCUT2D eigenvalue weighted by atomic mass is 35.5. The van der Waals surface area contributed by atoms with Gasteiger partial charge < -0.3 is 10.1 Å². The van der Waals surface area contributed by atoms with Gasteiger partial charge in [0.05, 0.1) is 13.0 Å². The molecule has 4 nitrogen and oxygen atoms in total. The number of carbonyl (C=O) groups excluding carboxylic acids is 2. The Morgan fingerprint density at radius 2 is 1.75 bits per heavy atom. The molecule has 124 valence electrons. The molecule has 0 spiro atoms. The summed E-state index contributed by atoms with van der Waals surface area (Å²) in [6.45, 7) is 2.11. The van der Waals surface area contributed by atoms with E-state index >= 15 is 0 Å². The van der Waals surface area contributed by atoms with E-state index in [1.165, 1.54) is 6.08 Å². The van der Waals surface area contributed by atoms with Gasteiger partial charge in [0.25, 0.3) is 0 Å². The SMILES string of the molecule is CCOC(=O)/C=C/c1ccc(NC(=O)Cc2ccc(Cl)cc2)cc1. The summed E-state index contributed by atoms with van der Waals surface area (Å²) in [7, 11) is 0. The predicted octanol–water partition coefficient (Wildman–Crippen LogP) is 4.10. The highest BCUT2D eigenvalue weighted by molar-refractivity contribution is 6.30. The molecular formula is C19H18ClNO3. The van der Waals surface area contributed by atoms with Gasteiger partial charge in [-0.2, -0.15) is 0 Å². The maximum absolute atomic E-state index is 12.0. The minimum Gasteiger partial charge on any atom is -0.463 e. The van der Waals surface area contributed by atoms with Gasteiger partial charge in [0, 0.05) is 16.8 Å². The van der Waals surface area contributed by atoms with Gasteiger partial charge in [-0.25, -0.2) is 4.79 Å². The van der Waals surface area contributed by atoms with Crippen molar-refractivity contribution in [2.45, 2.75) is 13.3 Å². The standard InChI is InChI=1S/C19H18ClNO3/c1-2-24-19(23)12-7-14-5-10-17(11-6-14)21-18(22)13-15-3-8-16(20)9-4-15/h3-12H,2,13H2,1H3,(H,21,22)/b12-7+. The summed E-state index contributed by atoms with van der Waals surface area (Å²) in [5, 5.41) is 3.47. The molecule has 0 aliphatic heterocycles. The third kappa shape index (κ3) is 5.89. The van der Waals surface area contributed by atoms with E-state index < -0.39 is 0 Å². The normalized spacial score (nSPS) is 10.6. The minimum atomic E-state index is -0.377. The highest BCUT2D eigenvalue weighted by Crippen LogP contribution is 2.13. The number of hydrogen-bond donors (Lipinski definition) is 1. The van der Waals surface area contributed by atoms with E-state index in [9.17, 15) is 9.59 Å². The lowest BCUT2D eigenvalue weighted by Gasteiger charge is -2.06. The van der Waals surface area contributed by atoms with Crippen molar-refractivity contribution in [1.82, 2.24) is 0 Å². The highest BCUT2D eigenvalue weighted by Gasteiger charge is 2.04. The van der Waals surface area contributed by atoms with Gasteiger partial charge in [0.1, 0.15) is 0 Å². The maximum atomic E-state index is 12.0. The fourth-order valence-corrected chi connectivity index (χ4v) is 2.15. The number of halogens is 1. The molecule has 1 N–H and O–H groups in total. The van der Waals surface area contributed by atoms with Gasteiger partial charge >= 0.3 is 5.97 Å². The summed E-state index contributed by atoms with van der Waals surface area (Å²) in [4.78, 5) is 23.3. The van der Waals surface area contributed by atoms with Crippen LogP contribution in [0.2, 0.25) is 5.02 Å². The van der Waals surface area contributed by atoms with Crippen molar-refractivity contribution in [3.8, 4) is 0 Å². The Kier molecular flexibility index (Phi) is 6.58. The number of esters is 1. The van der Waals surface area contributed by atoms with E-state index in [0.717, 1.165) is 11.1 Å². The molecule has 0 saturated carbocycles. The number of anilines is 1. The molecular weight excluding hydrogens is 326 g/mol. The van der Waals surface area contributed by atoms with Gasteiger partial charge in [0.2, 0.25) is 5.91 Å². The Hall–Kier alpha value is -2.59. The lowest BCUT2D eigenvalue weighted by Crippen LogP contribution is -2.14. The zero-order chi connectivity index (χ0) is 17.4. The molecule has 0 atom stereocenters. The molecule has 0 fully saturated rings. The van der Waals surface area contributed by atoms with Crippen LogP contribution in [-0.4, -0.2) is 18.5 Å². The summed E-state index contributed by atoms with van der Waals surface area (Å²) < 4.78 is 4.81. The van der Waals surface area contributed by atoms with Gasteiger partial charge in [0.15, 0.2) is 0 Å². The maximum Gasteiger partial charge on any atom is 0.330 e. The molecule has 2 rings (SSSR count). The second-order valence-electron chi connectivity index (χ2n) is 5.06. The van der Waals surface area contributed by atoms with Crippen molar-refractivity contribution in [2.75, 3.05) is 11.9 Å². The number of amides is 1. The molecule has 1 amide bonds. The van der Waals surface area contributed by atoms with Crippen LogP contribution in [0.25, 0.3) is 6.08 Å². The smallest absolute Gasteiger partial charge is 0.330 e. The summed E-state index contributed by atoms with van der Waals surface area (Å²) >= 11 is 5.82. The van der Waals surface area contributed by atoms with Crippen LogP contribution < -0.4 is 5.32 Å². The van der Waals surface area contributed by atoms with Crippen molar-refractivity contribution in [3.05, 3.63) is 70.8 Å². The average molecular weight is 344 g/mol. The number of ether oxygens (including phenoxy) is 1. The van der Waals surface area contributed by atoms with E-state index in [4.69, 9.17) is 16.3 Å². The van der Waals surface area contributed by atoms with E-state index in [1.54, 1.807) is 37.3 Å². The quantitative estimate of drug-likeness (QED) is 0.634. The first-order chi connectivity index (χ1) is 11.6. The van der Waals surface area contributed by atoms with Crippen LogP contribution in [0.4, 0.5) is 5.69 Å². The summed E-state index contributed by atoms with van der Waals surface area (Å²) in [5.74, 6) is -0.481. The molecule has 0 bridgehead atoms. The van der Waals surface area contributed by atoms with Crippen LogP contribution >= 0.6 is 11.6 Å². The van der Waals surface area contributed by atoms with Crippen LogP contribution in [0.15, 0.2) is 54.6 Å². The van der Waals surface area contributed by atoms with Crippen LogP contribution in [-0.2, 0) is 20.7 Å². The Bertz CT molecular complexity index is 721. The van der Waals surface area contributed by atoms with Crippen molar-refractivity contribution < 1.29 is 14.3 Å². The lowest BCUT2D eigenvalue weighted by atomic mass is 10.1. The number of benzene rings is 2. The number of hydrogen-bond acceptors (Lipinski definition) is 3. The zero-order valence-corrected chi connectivity index (χ0v) is 14.0. The van der Waals surface area contributed by atoms with Crippen molar-refractivity contribution in [1.29, 1.82) is 0 Å². The molecule has 0 unspecified atom stereocenters. The van der Waals surface area contributed by atoms with E-state index in [1.807, 2.05) is 24.3 Å². The molecule has 0 radical (unpaired) electrons. The Labute approximate surface area is 146 Å². The van der Waals surface area contributed by atoms with E-state index in [2.05, 4.69) is 5.32 Å². The Morgan fingerprint density at radius 1 is 1.08 bits per heavy atom. The van der Waals surface area contributed by atoms with Gasteiger partial charge in [-0.3, -0.25) is 4.79 Å². The van der Waals surface area contributed by atoms with Crippen molar-refractivity contribution in [3.63, 3.8) is 0 Å². The first kappa shape index (κ1) is 17.8. The number of nitrogens with one attached hydrogen (secondary N) is 1. The third-order valence-electron chi connectivity index (χ3n) is 3.17. The van der Waals surface area contributed by atoms with Crippen molar-refractivity contribution >= 4 is 35.2 Å². The Morgan fingerprint density at radius 3 is 2.38 bits per heavy atom. The second kappa shape index (κ2) is 8.89. The first-order valence-corrected chi connectivity index (χ1v) is 7.94. The summed E-state index contributed by atoms with van der Waals surface area (Å²) in [6, 6.07) is 14.4. The lowest BCUT2D eigenvalue weighted by molar-refractivity contribution is -0.137. The van der Waals surface area contributed by atoms with Crippen LogP contribution in [0, 0.1) is 0 Å². The van der Waals surface area contributed by atoms with Crippen LogP contribution in [0.1, 0.15) is 18.1 Å². The molecule has 0 aliphatic rings. The molecule has 0 heterocycles. The Balaban J connectivity index is 1.90. The molecule has 2 aromatic rings. The summed E-state index contributed by atoms with van der Waals surface area (Å²) in [5.41, 5.74) is 2.44. The van der Waals surface area contributed by atoms with Gasteiger partial charge in [-0.05, 0) is 48.4 Å². The fourth-order valence-electron chi connectivity index (χ4n) is 2.03. The number of carbonyl (C=O) groups is 2. The molecule has 0 aromatic heterocycles. The monoisotopic (exact) mass is 343 g/mol. The van der Waals surface area contributed by atoms with E-state index in [-0.39, 0.29) is 18.3 Å². The van der Waals surface area contributed by atoms with Crippen molar-refractivity contribution in [2.24, 2.45) is 0 Å². The van der Waals surface area contributed by atoms with Crippen LogP contribution in [0.5, 0.6) is 0 Å². The van der Waals surface area contributed by atoms with Gasteiger partial charge in [-0.15, -0.1) is 0 Å². The first-order valence-electron chi connectivity index (χ1n) is 7.56. The predicted molar refractivity (Wildman–Crippen MR) is 95.9 cm³/mol. The zero-order valence-electron chi connectivity index (χ0n) is 13.3. The third-order valence-corrected chi connectivity index (χ3v) is 3.42. The van der Waals surface area contributed by atoms with Gasteiger partial charge in [-0.1, -0.05) is 35.9 Å². The molecule has 0 aliphatic carbocycles. The van der Waals surface area contributed by atoms with Crippen LogP contribution in [0.3, 0.4) is 0 Å². The number of rotatable bonds is 6. The second-order valence-corrected chi connectivity index (χ2v) is 5.50. The molecule has 5 heteroatoms. The molecule has 2 aromatic carbocycles. The van der Waals surface area contributed by atoms with E-state index in [0.29, 0.717) is 17.3 Å².